The zero-order chi connectivity index (χ0) is 13.1. The van der Waals surface area contributed by atoms with Crippen LogP contribution in [0.25, 0.3) is 0 Å². The zero-order valence-corrected chi connectivity index (χ0v) is 11.9. The van der Waals surface area contributed by atoms with E-state index in [1.54, 1.807) is 6.20 Å². The third kappa shape index (κ3) is 3.09. The number of hydrogen-bond donors (Lipinski definition) is 1. The Hall–Kier alpha value is -1.39. The molecule has 0 spiro atoms. The number of nitrogens with zero attached hydrogens (tertiary/aromatic N) is 1. The Bertz CT molecular complexity index is 555. The molecule has 0 saturated carbocycles. The molecule has 1 aromatic heterocycles. The van der Waals surface area contributed by atoms with Crippen molar-refractivity contribution in [1.82, 2.24) is 4.98 Å². The van der Waals surface area contributed by atoms with Crippen LogP contribution in [-0.2, 0) is 0 Å². The van der Waals surface area contributed by atoms with E-state index in [2.05, 4.69) is 20.9 Å². The van der Waals surface area contributed by atoms with E-state index in [-0.39, 0.29) is 6.04 Å². The van der Waals surface area contributed by atoms with Crippen LogP contribution in [0.2, 0.25) is 0 Å². The second kappa shape index (κ2) is 5.50. The van der Waals surface area contributed by atoms with Crippen molar-refractivity contribution in [3.05, 3.63) is 52.1 Å². The normalized spacial score (nSPS) is 12.2. The lowest BCUT2D eigenvalue weighted by molar-refractivity contribution is 0.458. The standard InChI is InChI=1S/C14H15BrN2O/c1-9-3-4-12(15)8-13(9)18-14-7-11(10(2)16)5-6-17-14/h3-8,10H,16H2,1-2H3/t10-/m1/s1. The minimum Gasteiger partial charge on any atom is -0.439 e. The van der Waals surface area contributed by atoms with Crippen LogP contribution >= 0.6 is 15.9 Å². The molecule has 1 aromatic carbocycles. The Morgan fingerprint density at radius 3 is 2.78 bits per heavy atom. The summed E-state index contributed by atoms with van der Waals surface area (Å²) in [6.07, 6.45) is 1.71. The summed E-state index contributed by atoms with van der Waals surface area (Å²) in [5.41, 5.74) is 7.91. The molecule has 0 bridgehead atoms. The van der Waals surface area contributed by atoms with E-state index in [1.807, 2.05) is 44.2 Å². The third-order valence-corrected chi connectivity index (χ3v) is 3.14. The molecule has 4 heteroatoms. The van der Waals surface area contributed by atoms with E-state index >= 15 is 0 Å². The van der Waals surface area contributed by atoms with Crippen LogP contribution in [0.5, 0.6) is 11.6 Å². The molecule has 0 saturated heterocycles. The fourth-order valence-corrected chi connectivity index (χ4v) is 1.90. The van der Waals surface area contributed by atoms with Crippen molar-refractivity contribution in [2.45, 2.75) is 19.9 Å². The quantitative estimate of drug-likeness (QED) is 0.933. The number of aryl methyl sites for hydroxylation is 1. The van der Waals surface area contributed by atoms with Gasteiger partial charge in [-0.1, -0.05) is 22.0 Å². The van der Waals surface area contributed by atoms with E-state index in [4.69, 9.17) is 10.5 Å². The van der Waals surface area contributed by atoms with E-state index in [9.17, 15) is 0 Å². The fraction of sp³-hybridized carbons (Fsp3) is 0.214. The number of hydrogen-bond acceptors (Lipinski definition) is 3. The second-order valence-electron chi connectivity index (χ2n) is 4.23. The largest absolute Gasteiger partial charge is 0.439 e. The first-order chi connectivity index (χ1) is 8.56. The van der Waals surface area contributed by atoms with Crippen LogP contribution in [0, 0.1) is 6.92 Å². The molecule has 1 atom stereocenters. The Morgan fingerprint density at radius 2 is 2.06 bits per heavy atom. The van der Waals surface area contributed by atoms with E-state index in [0.717, 1.165) is 21.3 Å². The lowest BCUT2D eigenvalue weighted by Crippen LogP contribution is -2.05. The summed E-state index contributed by atoms with van der Waals surface area (Å²) in [5, 5.41) is 0. The van der Waals surface area contributed by atoms with Crippen LogP contribution < -0.4 is 10.5 Å². The van der Waals surface area contributed by atoms with E-state index in [1.165, 1.54) is 0 Å². The van der Waals surface area contributed by atoms with Gasteiger partial charge in [0.1, 0.15) is 5.75 Å². The predicted molar refractivity (Wildman–Crippen MR) is 75.8 cm³/mol. The molecule has 2 N–H and O–H groups in total. The van der Waals surface area contributed by atoms with Crippen LogP contribution in [-0.4, -0.2) is 4.98 Å². The molecular formula is C14H15BrN2O. The molecule has 0 aliphatic carbocycles. The molecule has 2 rings (SSSR count). The zero-order valence-electron chi connectivity index (χ0n) is 10.4. The maximum Gasteiger partial charge on any atom is 0.219 e. The molecule has 0 fully saturated rings. The monoisotopic (exact) mass is 306 g/mol. The minimum absolute atomic E-state index is 0.0287. The van der Waals surface area contributed by atoms with Gasteiger partial charge in [-0.15, -0.1) is 0 Å². The minimum atomic E-state index is -0.0287. The Kier molecular flexibility index (Phi) is 3.99. The average molecular weight is 307 g/mol. The summed E-state index contributed by atoms with van der Waals surface area (Å²) < 4.78 is 6.76. The second-order valence-corrected chi connectivity index (χ2v) is 5.14. The third-order valence-electron chi connectivity index (χ3n) is 2.65. The number of halogens is 1. The molecule has 1 heterocycles. The van der Waals surface area contributed by atoms with Gasteiger partial charge in [0.15, 0.2) is 0 Å². The predicted octanol–water partition coefficient (Wildman–Crippen LogP) is 3.96. The maximum absolute atomic E-state index is 5.84. The highest BCUT2D eigenvalue weighted by atomic mass is 79.9. The van der Waals surface area contributed by atoms with Crippen LogP contribution in [0.3, 0.4) is 0 Å². The van der Waals surface area contributed by atoms with Crippen molar-refractivity contribution in [3.8, 4) is 11.6 Å². The van der Waals surface area contributed by atoms with Crippen molar-refractivity contribution in [3.63, 3.8) is 0 Å². The lowest BCUT2D eigenvalue weighted by Gasteiger charge is -2.10. The summed E-state index contributed by atoms with van der Waals surface area (Å²) in [7, 11) is 0. The molecule has 0 aliphatic rings. The van der Waals surface area contributed by atoms with Crippen LogP contribution in [0.1, 0.15) is 24.1 Å². The highest BCUT2D eigenvalue weighted by molar-refractivity contribution is 9.10. The summed E-state index contributed by atoms with van der Waals surface area (Å²) in [6.45, 7) is 3.93. The van der Waals surface area contributed by atoms with Crippen molar-refractivity contribution in [1.29, 1.82) is 0 Å². The summed E-state index contributed by atoms with van der Waals surface area (Å²) in [4.78, 5) is 4.19. The van der Waals surface area contributed by atoms with E-state index < -0.39 is 0 Å². The topological polar surface area (TPSA) is 48.1 Å². The number of pyridine rings is 1. The van der Waals surface area contributed by atoms with Crippen LogP contribution in [0.4, 0.5) is 0 Å². The summed E-state index contributed by atoms with van der Waals surface area (Å²) in [5.74, 6) is 1.35. The summed E-state index contributed by atoms with van der Waals surface area (Å²) in [6, 6.07) is 9.63. The Labute approximate surface area is 115 Å². The van der Waals surface area contributed by atoms with Crippen LogP contribution in [0.15, 0.2) is 41.0 Å². The van der Waals surface area contributed by atoms with Gasteiger partial charge in [0.05, 0.1) is 0 Å². The first-order valence-electron chi connectivity index (χ1n) is 5.72. The van der Waals surface area contributed by atoms with Gasteiger partial charge in [0, 0.05) is 22.8 Å². The lowest BCUT2D eigenvalue weighted by atomic mass is 10.1. The summed E-state index contributed by atoms with van der Waals surface area (Å²) >= 11 is 3.43. The maximum atomic E-state index is 5.84. The van der Waals surface area contributed by atoms with Gasteiger partial charge in [0.2, 0.25) is 5.88 Å². The number of benzene rings is 1. The van der Waals surface area contributed by atoms with Crippen molar-refractivity contribution in [2.24, 2.45) is 5.73 Å². The average Bonchev–Trinajstić information content (AvgIpc) is 2.34. The molecule has 0 aliphatic heterocycles. The number of nitrogens with two attached hydrogens (primary N) is 1. The van der Waals surface area contributed by atoms with Gasteiger partial charge in [-0.25, -0.2) is 4.98 Å². The highest BCUT2D eigenvalue weighted by Gasteiger charge is 2.06. The van der Waals surface area contributed by atoms with Gasteiger partial charge in [0.25, 0.3) is 0 Å². The van der Waals surface area contributed by atoms with E-state index in [0.29, 0.717) is 5.88 Å². The Balaban J connectivity index is 2.28. The molecule has 0 unspecified atom stereocenters. The fourth-order valence-electron chi connectivity index (χ4n) is 1.56. The van der Waals surface area contributed by atoms with Crippen molar-refractivity contribution >= 4 is 15.9 Å². The molecule has 0 radical (unpaired) electrons. The molecular weight excluding hydrogens is 292 g/mol. The molecule has 2 aromatic rings. The molecule has 94 valence electrons. The number of rotatable bonds is 3. The van der Waals surface area contributed by atoms with Crippen molar-refractivity contribution in [2.75, 3.05) is 0 Å². The number of aromatic nitrogens is 1. The smallest absolute Gasteiger partial charge is 0.219 e. The Morgan fingerprint density at radius 1 is 1.28 bits per heavy atom. The molecule has 3 nitrogen and oxygen atoms in total. The SMILES string of the molecule is Cc1ccc(Br)cc1Oc1cc([C@@H](C)N)ccn1. The first kappa shape index (κ1) is 13.1. The van der Waals surface area contributed by atoms with Gasteiger partial charge in [-0.2, -0.15) is 0 Å². The van der Waals surface area contributed by atoms with Gasteiger partial charge >= 0.3 is 0 Å². The molecule has 0 amide bonds. The first-order valence-corrected chi connectivity index (χ1v) is 6.51. The number of ether oxygens (including phenoxy) is 1. The van der Waals surface area contributed by atoms with Gasteiger partial charge in [-0.05, 0) is 43.2 Å². The van der Waals surface area contributed by atoms with Crippen molar-refractivity contribution < 1.29 is 4.74 Å². The van der Waals surface area contributed by atoms with Gasteiger partial charge < -0.3 is 10.5 Å². The van der Waals surface area contributed by atoms with Gasteiger partial charge in [-0.3, -0.25) is 0 Å². The molecule has 18 heavy (non-hydrogen) atoms. The highest BCUT2D eigenvalue weighted by Crippen LogP contribution is 2.27.